The Kier molecular flexibility index (Phi) is 5.53. The summed E-state index contributed by atoms with van der Waals surface area (Å²) in [5, 5.41) is 12.7. The predicted molar refractivity (Wildman–Crippen MR) is 44.0 cm³/mol. The van der Waals surface area contributed by atoms with Gasteiger partial charge in [0.15, 0.2) is 5.96 Å². The smallest absolute Gasteiger partial charge is 0.192 e. The van der Waals surface area contributed by atoms with Crippen molar-refractivity contribution in [3.8, 4) is 0 Å². The minimum Gasteiger partial charge on any atom is -0.356 e. The van der Waals surface area contributed by atoms with Crippen LogP contribution >= 0.6 is 0 Å². The molecule has 3 heteroatoms. The zero-order valence-corrected chi connectivity index (χ0v) is 6.41. The van der Waals surface area contributed by atoms with Crippen LogP contribution in [0, 0.1) is 5.41 Å². The normalized spacial score (nSPS) is 8.50. The van der Waals surface area contributed by atoms with E-state index in [0.29, 0.717) is 5.96 Å². The molecule has 0 radical (unpaired) electrons. The van der Waals surface area contributed by atoms with Crippen molar-refractivity contribution in [2.45, 2.75) is 19.8 Å². The van der Waals surface area contributed by atoms with Gasteiger partial charge >= 0.3 is 0 Å². The third kappa shape index (κ3) is 5.15. The fourth-order valence-electron chi connectivity index (χ4n) is 0.543. The van der Waals surface area contributed by atoms with Crippen LogP contribution in [-0.4, -0.2) is 12.5 Å². The van der Waals surface area contributed by atoms with Gasteiger partial charge in [0.05, 0.1) is 0 Å². The topological polar surface area (TPSA) is 47.9 Å². The highest BCUT2D eigenvalue weighted by Crippen LogP contribution is 1.80. The van der Waals surface area contributed by atoms with Gasteiger partial charge in [0.25, 0.3) is 0 Å². The van der Waals surface area contributed by atoms with Gasteiger partial charge in [-0.2, -0.15) is 0 Å². The van der Waals surface area contributed by atoms with E-state index in [2.05, 4.69) is 24.1 Å². The van der Waals surface area contributed by atoms with Crippen LogP contribution in [0.15, 0.2) is 12.8 Å². The number of hydrogen-bond donors (Lipinski definition) is 3. The Bertz CT molecular complexity index is 109. The van der Waals surface area contributed by atoms with Crippen LogP contribution in [0.3, 0.4) is 0 Å². The van der Waals surface area contributed by atoms with Gasteiger partial charge in [-0.1, -0.05) is 19.9 Å². The van der Waals surface area contributed by atoms with Gasteiger partial charge in [-0.15, -0.1) is 0 Å². The summed E-state index contributed by atoms with van der Waals surface area (Å²) in [5.74, 6) is 0.323. The molecule has 0 aliphatic rings. The quantitative estimate of drug-likeness (QED) is 0.311. The number of rotatable bonds is 4. The minimum atomic E-state index is 0.323. The summed E-state index contributed by atoms with van der Waals surface area (Å²) in [4.78, 5) is 0. The second kappa shape index (κ2) is 6.13. The molecule has 0 saturated carbocycles. The Morgan fingerprint density at radius 3 is 2.90 bits per heavy atom. The van der Waals surface area contributed by atoms with Crippen molar-refractivity contribution in [3.63, 3.8) is 0 Å². The van der Waals surface area contributed by atoms with E-state index in [9.17, 15) is 0 Å². The second-order valence-corrected chi connectivity index (χ2v) is 2.00. The first kappa shape index (κ1) is 9.01. The zero-order chi connectivity index (χ0) is 7.82. The molecule has 0 heterocycles. The maximum Gasteiger partial charge on any atom is 0.192 e. The van der Waals surface area contributed by atoms with E-state index in [4.69, 9.17) is 5.41 Å². The first-order valence-corrected chi connectivity index (χ1v) is 3.51. The average molecular weight is 141 g/mol. The van der Waals surface area contributed by atoms with Crippen LogP contribution in [0.25, 0.3) is 0 Å². The lowest BCUT2D eigenvalue weighted by atomic mass is 10.3. The van der Waals surface area contributed by atoms with E-state index in [-0.39, 0.29) is 0 Å². The molecule has 0 aliphatic heterocycles. The van der Waals surface area contributed by atoms with E-state index in [1.807, 2.05) is 0 Å². The van der Waals surface area contributed by atoms with Crippen LogP contribution in [0.1, 0.15) is 19.8 Å². The van der Waals surface area contributed by atoms with Crippen molar-refractivity contribution < 1.29 is 0 Å². The second-order valence-electron chi connectivity index (χ2n) is 2.00. The van der Waals surface area contributed by atoms with Crippen molar-refractivity contribution in [1.29, 1.82) is 5.41 Å². The van der Waals surface area contributed by atoms with Crippen molar-refractivity contribution in [2.75, 3.05) is 6.54 Å². The average Bonchev–Trinajstić information content (AvgIpc) is 1.89. The number of guanidine groups is 1. The number of hydrogen-bond acceptors (Lipinski definition) is 1. The standard InChI is InChI=1S/C7H15N3/c1-3-5-6-10-7(8)9-4-2/h4H,2-3,5-6H2,1H3,(H3,8,9,10). The first-order valence-electron chi connectivity index (χ1n) is 3.51. The highest BCUT2D eigenvalue weighted by molar-refractivity contribution is 5.77. The summed E-state index contributed by atoms with van der Waals surface area (Å²) in [6.45, 7) is 6.41. The molecule has 0 rings (SSSR count). The summed E-state index contributed by atoms with van der Waals surface area (Å²) in [7, 11) is 0. The summed E-state index contributed by atoms with van der Waals surface area (Å²) in [6, 6.07) is 0. The summed E-state index contributed by atoms with van der Waals surface area (Å²) < 4.78 is 0. The Labute approximate surface area is 62.0 Å². The highest BCUT2D eigenvalue weighted by atomic mass is 15.1. The number of nitrogens with one attached hydrogen (secondary N) is 3. The summed E-state index contributed by atoms with van der Waals surface area (Å²) in [6.07, 6.45) is 3.73. The fourth-order valence-corrected chi connectivity index (χ4v) is 0.543. The van der Waals surface area contributed by atoms with Crippen molar-refractivity contribution in [3.05, 3.63) is 12.8 Å². The third-order valence-corrected chi connectivity index (χ3v) is 1.08. The molecule has 0 spiro atoms. The largest absolute Gasteiger partial charge is 0.356 e. The van der Waals surface area contributed by atoms with Crippen molar-refractivity contribution in [2.24, 2.45) is 0 Å². The molecule has 0 fully saturated rings. The molecule has 3 N–H and O–H groups in total. The van der Waals surface area contributed by atoms with Crippen LogP contribution < -0.4 is 10.6 Å². The van der Waals surface area contributed by atoms with E-state index in [0.717, 1.165) is 19.4 Å². The molecule has 0 amide bonds. The predicted octanol–water partition coefficient (Wildman–Crippen LogP) is 1.04. The molecule has 3 nitrogen and oxygen atoms in total. The van der Waals surface area contributed by atoms with E-state index >= 15 is 0 Å². The monoisotopic (exact) mass is 141 g/mol. The van der Waals surface area contributed by atoms with Gasteiger partial charge in [0, 0.05) is 6.54 Å². The van der Waals surface area contributed by atoms with E-state index < -0.39 is 0 Å². The fraction of sp³-hybridized carbons (Fsp3) is 0.571. The molecular formula is C7H15N3. The van der Waals surface area contributed by atoms with E-state index in [1.165, 1.54) is 6.20 Å². The molecule has 0 aliphatic carbocycles. The zero-order valence-electron chi connectivity index (χ0n) is 6.41. The van der Waals surface area contributed by atoms with Crippen LogP contribution in [0.2, 0.25) is 0 Å². The molecule has 0 saturated heterocycles. The molecular weight excluding hydrogens is 126 g/mol. The van der Waals surface area contributed by atoms with Crippen molar-refractivity contribution in [1.82, 2.24) is 10.6 Å². The van der Waals surface area contributed by atoms with Crippen molar-refractivity contribution >= 4 is 5.96 Å². The van der Waals surface area contributed by atoms with Gasteiger partial charge in [0.1, 0.15) is 0 Å². The number of unbranched alkanes of at least 4 members (excludes halogenated alkanes) is 1. The van der Waals surface area contributed by atoms with Gasteiger partial charge in [-0.25, -0.2) is 0 Å². The summed E-state index contributed by atoms with van der Waals surface area (Å²) in [5.41, 5.74) is 0. The molecule has 0 aromatic heterocycles. The molecule has 0 aromatic carbocycles. The van der Waals surface area contributed by atoms with Gasteiger partial charge in [-0.3, -0.25) is 5.41 Å². The molecule has 0 bridgehead atoms. The summed E-state index contributed by atoms with van der Waals surface area (Å²) >= 11 is 0. The Hall–Kier alpha value is -0.990. The lowest BCUT2D eigenvalue weighted by Crippen LogP contribution is -2.33. The van der Waals surface area contributed by atoms with Gasteiger partial charge in [0.2, 0.25) is 0 Å². The Morgan fingerprint density at radius 2 is 2.40 bits per heavy atom. The van der Waals surface area contributed by atoms with Crippen LogP contribution in [-0.2, 0) is 0 Å². The molecule has 0 aromatic rings. The molecule has 0 atom stereocenters. The SMILES string of the molecule is C=CNC(=N)NCCCC. The van der Waals surface area contributed by atoms with Crippen LogP contribution in [0.4, 0.5) is 0 Å². The third-order valence-electron chi connectivity index (χ3n) is 1.08. The maximum atomic E-state index is 7.17. The lowest BCUT2D eigenvalue weighted by Gasteiger charge is -2.04. The van der Waals surface area contributed by atoms with E-state index in [1.54, 1.807) is 0 Å². The first-order chi connectivity index (χ1) is 4.81. The molecule has 58 valence electrons. The Balaban J connectivity index is 3.13. The lowest BCUT2D eigenvalue weighted by molar-refractivity contribution is 0.742. The molecule has 10 heavy (non-hydrogen) atoms. The highest BCUT2D eigenvalue weighted by Gasteiger charge is 1.87. The van der Waals surface area contributed by atoms with Gasteiger partial charge < -0.3 is 10.6 Å². The maximum absolute atomic E-state index is 7.17. The van der Waals surface area contributed by atoms with Gasteiger partial charge in [-0.05, 0) is 12.6 Å². The minimum absolute atomic E-state index is 0.323. The Morgan fingerprint density at radius 1 is 1.70 bits per heavy atom. The van der Waals surface area contributed by atoms with Crippen LogP contribution in [0.5, 0.6) is 0 Å². The molecule has 0 unspecified atom stereocenters.